The minimum atomic E-state index is 0.896. The number of benzene rings is 2. The first kappa shape index (κ1) is 14.9. The number of para-hydroxylation sites is 1. The van der Waals surface area contributed by atoms with Crippen molar-refractivity contribution in [2.45, 2.75) is 31.7 Å². The smallest absolute Gasteiger partial charge is 0.195 e. The molecule has 4 heteroatoms. The first-order valence-electron chi connectivity index (χ1n) is 7.29. The van der Waals surface area contributed by atoms with Crippen molar-refractivity contribution in [2.75, 3.05) is 0 Å². The molecular formula is C18H19N3S. The quantitative estimate of drug-likeness (QED) is 0.666. The summed E-state index contributed by atoms with van der Waals surface area (Å²) < 4.78 is 2.06. The Bertz CT molecular complexity index is 772. The van der Waals surface area contributed by atoms with Crippen molar-refractivity contribution in [3.63, 3.8) is 0 Å². The summed E-state index contributed by atoms with van der Waals surface area (Å²) in [7, 11) is 0. The second kappa shape index (κ2) is 6.36. The lowest BCUT2D eigenvalue weighted by atomic mass is 10.1. The van der Waals surface area contributed by atoms with E-state index in [2.05, 4.69) is 65.9 Å². The van der Waals surface area contributed by atoms with Gasteiger partial charge >= 0.3 is 0 Å². The molecule has 0 saturated carbocycles. The zero-order chi connectivity index (χ0) is 15.5. The molecule has 0 radical (unpaired) electrons. The zero-order valence-electron chi connectivity index (χ0n) is 13.1. The Labute approximate surface area is 135 Å². The van der Waals surface area contributed by atoms with Gasteiger partial charge in [0.05, 0.1) is 5.69 Å². The van der Waals surface area contributed by atoms with Crippen LogP contribution in [0.3, 0.4) is 0 Å². The Morgan fingerprint density at radius 2 is 1.73 bits per heavy atom. The lowest BCUT2D eigenvalue weighted by Gasteiger charge is -2.09. The fraction of sp³-hybridized carbons (Fsp3) is 0.222. The standard InChI is InChI=1S/C18H19N3S/c1-13-8-14(2)10-16(9-13)11-22-18-20-19-12-21(18)17-7-5-4-6-15(17)3/h4-10,12H,11H2,1-3H3. The number of thioether (sulfide) groups is 1. The maximum Gasteiger partial charge on any atom is 0.195 e. The summed E-state index contributed by atoms with van der Waals surface area (Å²) in [5.74, 6) is 0.896. The molecule has 112 valence electrons. The fourth-order valence-corrected chi connectivity index (χ4v) is 3.47. The van der Waals surface area contributed by atoms with Gasteiger partial charge in [0.1, 0.15) is 6.33 Å². The molecule has 22 heavy (non-hydrogen) atoms. The topological polar surface area (TPSA) is 30.7 Å². The van der Waals surface area contributed by atoms with Gasteiger partial charge in [-0.15, -0.1) is 10.2 Å². The number of rotatable bonds is 4. The molecular weight excluding hydrogens is 290 g/mol. The predicted octanol–water partition coefficient (Wildman–Crippen LogP) is 4.48. The van der Waals surface area contributed by atoms with Gasteiger partial charge < -0.3 is 0 Å². The second-order valence-electron chi connectivity index (χ2n) is 5.55. The average Bonchev–Trinajstić information content (AvgIpc) is 2.93. The molecule has 3 nitrogen and oxygen atoms in total. The molecule has 0 amide bonds. The second-order valence-corrected chi connectivity index (χ2v) is 6.50. The number of aromatic nitrogens is 3. The largest absolute Gasteiger partial charge is 0.276 e. The van der Waals surface area contributed by atoms with Crippen LogP contribution in [0, 0.1) is 20.8 Å². The summed E-state index contributed by atoms with van der Waals surface area (Å²) in [4.78, 5) is 0. The summed E-state index contributed by atoms with van der Waals surface area (Å²) in [6.07, 6.45) is 1.78. The van der Waals surface area contributed by atoms with E-state index in [1.165, 1.54) is 22.3 Å². The molecule has 0 unspecified atom stereocenters. The highest BCUT2D eigenvalue weighted by Gasteiger charge is 2.09. The van der Waals surface area contributed by atoms with E-state index >= 15 is 0 Å². The van der Waals surface area contributed by atoms with Crippen LogP contribution >= 0.6 is 11.8 Å². The van der Waals surface area contributed by atoms with E-state index in [9.17, 15) is 0 Å². The maximum atomic E-state index is 4.27. The third kappa shape index (κ3) is 3.22. The molecule has 3 aromatic rings. The monoisotopic (exact) mass is 309 g/mol. The molecule has 0 aliphatic rings. The lowest BCUT2D eigenvalue weighted by Crippen LogP contribution is -1.98. The third-order valence-electron chi connectivity index (χ3n) is 3.54. The Balaban J connectivity index is 1.83. The molecule has 0 bridgehead atoms. The van der Waals surface area contributed by atoms with E-state index in [-0.39, 0.29) is 0 Å². The third-order valence-corrected chi connectivity index (χ3v) is 4.56. The SMILES string of the molecule is Cc1cc(C)cc(CSc2nncn2-c2ccccc2C)c1. The summed E-state index contributed by atoms with van der Waals surface area (Å²) in [5.41, 5.74) is 6.28. The highest BCUT2D eigenvalue weighted by Crippen LogP contribution is 2.25. The molecule has 0 fully saturated rings. The van der Waals surface area contributed by atoms with E-state index in [4.69, 9.17) is 0 Å². The van der Waals surface area contributed by atoms with Crippen LogP contribution in [-0.2, 0) is 5.75 Å². The van der Waals surface area contributed by atoms with Crippen LogP contribution in [0.25, 0.3) is 5.69 Å². The van der Waals surface area contributed by atoms with Crippen LogP contribution < -0.4 is 0 Å². The fourth-order valence-electron chi connectivity index (χ4n) is 2.62. The number of aryl methyl sites for hydroxylation is 3. The van der Waals surface area contributed by atoms with Gasteiger partial charge in [-0.05, 0) is 38.0 Å². The van der Waals surface area contributed by atoms with E-state index in [1.54, 1.807) is 18.1 Å². The number of hydrogen-bond donors (Lipinski definition) is 0. The van der Waals surface area contributed by atoms with Crippen LogP contribution in [0.5, 0.6) is 0 Å². The first-order valence-corrected chi connectivity index (χ1v) is 8.28. The van der Waals surface area contributed by atoms with E-state index < -0.39 is 0 Å². The Morgan fingerprint density at radius 3 is 2.45 bits per heavy atom. The number of nitrogens with zero attached hydrogens (tertiary/aromatic N) is 3. The molecule has 0 N–H and O–H groups in total. The van der Waals surface area contributed by atoms with Gasteiger partial charge in [0, 0.05) is 5.75 Å². The summed E-state index contributed by atoms with van der Waals surface area (Å²) in [5, 5.41) is 9.27. The normalized spacial score (nSPS) is 10.9. The van der Waals surface area contributed by atoms with Crippen LogP contribution in [0.4, 0.5) is 0 Å². The summed E-state index contributed by atoms with van der Waals surface area (Å²) in [6, 6.07) is 15.0. The first-order chi connectivity index (χ1) is 10.6. The van der Waals surface area contributed by atoms with Crippen LogP contribution in [0.1, 0.15) is 22.3 Å². The predicted molar refractivity (Wildman–Crippen MR) is 91.6 cm³/mol. The summed E-state index contributed by atoms with van der Waals surface area (Å²) in [6.45, 7) is 6.38. The highest BCUT2D eigenvalue weighted by molar-refractivity contribution is 7.98. The van der Waals surface area contributed by atoms with E-state index in [0.717, 1.165) is 16.6 Å². The van der Waals surface area contributed by atoms with E-state index in [1.807, 2.05) is 12.1 Å². The lowest BCUT2D eigenvalue weighted by molar-refractivity contribution is 0.878. The van der Waals surface area contributed by atoms with Crippen molar-refractivity contribution in [3.05, 3.63) is 71.0 Å². The van der Waals surface area contributed by atoms with Gasteiger partial charge in [-0.3, -0.25) is 4.57 Å². The van der Waals surface area contributed by atoms with E-state index in [0.29, 0.717) is 0 Å². The van der Waals surface area contributed by atoms with Crippen molar-refractivity contribution < 1.29 is 0 Å². The van der Waals surface area contributed by atoms with Crippen molar-refractivity contribution in [2.24, 2.45) is 0 Å². The molecule has 2 aromatic carbocycles. The van der Waals surface area contributed by atoms with Gasteiger partial charge in [0.2, 0.25) is 0 Å². The van der Waals surface area contributed by atoms with Gasteiger partial charge in [-0.2, -0.15) is 0 Å². The Kier molecular flexibility index (Phi) is 4.29. The average molecular weight is 309 g/mol. The Hall–Kier alpha value is -2.07. The van der Waals surface area contributed by atoms with Gasteiger partial charge in [-0.1, -0.05) is 59.3 Å². The van der Waals surface area contributed by atoms with Gasteiger partial charge in [-0.25, -0.2) is 0 Å². The van der Waals surface area contributed by atoms with Crippen LogP contribution in [0.15, 0.2) is 53.9 Å². The molecule has 0 spiro atoms. The minimum absolute atomic E-state index is 0.896. The van der Waals surface area contributed by atoms with Crippen molar-refractivity contribution in [1.82, 2.24) is 14.8 Å². The van der Waals surface area contributed by atoms with Crippen molar-refractivity contribution in [3.8, 4) is 5.69 Å². The van der Waals surface area contributed by atoms with Crippen molar-refractivity contribution in [1.29, 1.82) is 0 Å². The number of hydrogen-bond acceptors (Lipinski definition) is 3. The Morgan fingerprint density at radius 1 is 1.00 bits per heavy atom. The molecule has 0 aliphatic heterocycles. The van der Waals surface area contributed by atoms with Gasteiger partial charge in [0.25, 0.3) is 0 Å². The zero-order valence-corrected chi connectivity index (χ0v) is 13.9. The molecule has 0 atom stereocenters. The molecule has 0 saturated heterocycles. The van der Waals surface area contributed by atoms with Crippen LogP contribution in [-0.4, -0.2) is 14.8 Å². The molecule has 1 aromatic heterocycles. The van der Waals surface area contributed by atoms with Crippen LogP contribution in [0.2, 0.25) is 0 Å². The summed E-state index contributed by atoms with van der Waals surface area (Å²) >= 11 is 1.72. The molecule has 0 aliphatic carbocycles. The van der Waals surface area contributed by atoms with Gasteiger partial charge in [0.15, 0.2) is 5.16 Å². The highest BCUT2D eigenvalue weighted by atomic mass is 32.2. The van der Waals surface area contributed by atoms with Crippen molar-refractivity contribution >= 4 is 11.8 Å². The maximum absolute atomic E-state index is 4.27. The minimum Gasteiger partial charge on any atom is -0.276 e. The molecule has 3 rings (SSSR count). The molecule has 1 heterocycles.